The Hall–Kier alpha value is -5.10. The number of nitrogens with zero attached hydrogens (tertiary/aromatic N) is 4. The van der Waals surface area contributed by atoms with Gasteiger partial charge in [-0.05, 0) is 55.7 Å². The normalized spacial score (nSPS) is 19.8. The van der Waals surface area contributed by atoms with Crippen molar-refractivity contribution in [3.63, 3.8) is 0 Å². The smallest absolute Gasteiger partial charge is 0.267 e. The van der Waals surface area contributed by atoms with Gasteiger partial charge in [0.2, 0.25) is 11.8 Å². The zero-order chi connectivity index (χ0) is 31.9. The van der Waals surface area contributed by atoms with Crippen LogP contribution in [0, 0.1) is 0 Å². The number of rotatable bonds is 8. The van der Waals surface area contributed by atoms with E-state index in [0.29, 0.717) is 12.2 Å². The van der Waals surface area contributed by atoms with Crippen LogP contribution in [0.1, 0.15) is 69.0 Å². The van der Waals surface area contributed by atoms with Gasteiger partial charge in [-0.15, -0.1) is 0 Å². The number of piperazine rings is 1. The maximum atomic E-state index is 13.4. The molecule has 2 aromatic carbocycles. The maximum absolute atomic E-state index is 13.4. The van der Waals surface area contributed by atoms with Gasteiger partial charge in [-0.25, -0.2) is 4.98 Å². The van der Waals surface area contributed by atoms with Crippen LogP contribution in [0.15, 0.2) is 60.8 Å². The Bertz CT molecular complexity index is 1690. The van der Waals surface area contributed by atoms with Gasteiger partial charge in [0, 0.05) is 50.4 Å². The number of nitrogens with two attached hydrogens (primary N) is 1. The highest BCUT2D eigenvalue weighted by atomic mass is 16.2. The number of nitrogens with one attached hydrogen (secondary N) is 2. The van der Waals surface area contributed by atoms with Crippen molar-refractivity contribution in [1.82, 2.24) is 20.1 Å². The van der Waals surface area contributed by atoms with Gasteiger partial charge < -0.3 is 16.0 Å². The van der Waals surface area contributed by atoms with Gasteiger partial charge >= 0.3 is 0 Å². The zero-order valence-electron chi connectivity index (χ0n) is 25.2. The number of hydrogen-bond donors (Lipinski definition) is 3. The molecule has 12 heteroatoms. The van der Waals surface area contributed by atoms with E-state index < -0.39 is 35.6 Å². The molecular weight excluding hydrogens is 574 g/mol. The number of aromatic nitrogens is 1. The minimum atomic E-state index is -1.00. The Labute approximate surface area is 260 Å². The Morgan fingerprint density at radius 3 is 2.42 bits per heavy atom. The maximum Gasteiger partial charge on any atom is 0.267 e. The van der Waals surface area contributed by atoms with Gasteiger partial charge in [0.15, 0.2) is 0 Å². The molecule has 6 rings (SSSR count). The molecule has 45 heavy (non-hydrogen) atoms. The third-order valence-electron chi connectivity index (χ3n) is 8.79. The predicted octanol–water partition coefficient (Wildman–Crippen LogP) is 2.29. The molecule has 3 aliphatic heterocycles. The van der Waals surface area contributed by atoms with Crippen LogP contribution in [0.5, 0.6) is 0 Å². The van der Waals surface area contributed by atoms with Crippen molar-refractivity contribution < 1.29 is 24.0 Å². The van der Waals surface area contributed by atoms with Crippen LogP contribution in [0.3, 0.4) is 0 Å². The predicted molar refractivity (Wildman–Crippen MR) is 166 cm³/mol. The standard InChI is InChI=1S/C33H35N7O5/c1-33(2)19-38(22-10-11-25(29(34)42)36-17-22)14-15-39(33)18-21-8-6-20(7-9-21)16-35-24-5-3-4-23-28(24)32(45)40(31(23)44)26-12-13-27(41)37-30(26)43/h3-11,17,26,35H,12-16,18-19H2,1-2H3,(H2,34,42)(H,37,41,43). The van der Waals surface area contributed by atoms with E-state index in [4.69, 9.17) is 5.73 Å². The fourth-order valence-corrected chi connectivity index (χ4v) is 6.27. The van der Waals surface area contributed by atoms with E-state index in [0.717, 1.165) is 42.3 Å². The quantitative estimate of drug-likeness (QED) is 0.326. The molecule has 2 fully saturated rings. The zero-order valence-corrected chi connectivity index (χ0v) is 25.2. The third-order valence-corrected chi connectivity index (χ3v) is 8.79. The van der Waals surface area contributed by atoms with E-state index in [2.05, 4.69) is 51.4 Å². The molecule has 3 aliphatic rings. The number of amides is 5. The van der Waals surface area contributed by atoms with Crippen molar-refractivity contribution in [3.05, 3.63) is 88.7 Å². The number of anilines is 2. The van der Waals surface area contributed by atoms with E-state index in [9.17, 15) is 24.0 Å². The first-order chi connectivity index (χ1) is 21.5. The number of imide groups is 2. The molecule has 0 spiro atoms. The number of fused-ring (bicyclic) bond motifs is 1. The van der Waals surface area contributed by atoms with Crippen LogP contribution in [0.4, 0.5) is 11.4 Å². The minimum Gasteiger partial charge on any atom is -0.380 e. The molecule has 0 bridgehead atoms. The lowest BCUT2D eigenvalue weighted by Crippen LogP contribution is -2.58. The number of piperidine rings is 1. The van der Waals surface area contributed by atoms with Crippen LogP contribution < -0.4 is 21.3 Å². The Morgan fingerprint density at radius 2 is 1.76 bits per heavy atom. The second-order valence-corrected chi connectivity index (χ2v) is 12.3. The Balaban J connectivity index is 1.07. The fourth-order valence-electron chi connectivity index (χ4n) is 6.27. The van der Waals surface area contributed by atoms with Crippen molar-refractivity contribution in [2.75, 3.05) is 29.9 Å². The molecule has 3 aromatic rings. The first-order valence-electron chi connectivity index (χ1n) is 14.9. The van der Waals surface area contributed by atoms with Crippen LogP contribution in [-0.2, 0) is 22.7 Å². The van der Waals surface area contributed by atoms with Crippen molar-refractivity contribution in [2.24, 2.45) is 5.73 Å². The number of carbonyl (C=O) groups is 5. The third kappa shape index (κ3) is 5.88. The van der Waals surface area contributed by atoms with Gasteiger partial charge in [0.05, 0.1) is 23.0 Å². The number of carbonyl (C=O) groups excluding carboxylic acids is 5. The molecule has 0 aliphatic carbocycles. The monoisotopic (exact) mass is 609 g/mol. The number of benzene rings is 2. The van der Waals surface area contributed by atoms with Crippen molar-refractivity contribution in [3.8, 4) is 0 Å². The van der Waals surface area contributed by atoms with E-state index in [1.807, 2.05) is 18.2 Å². The molecule has 0 radical (unpaired) electrons. The second-order valence-electron chi connectivity index (χ2n) is 12.3. The summed E-state index contributed by atoms with van der Waals surface area (Å²) in [5.41, 5.74) is 9.61. The Morgan fingerprint density at radius 1 is 1.00 bits per heavy atom. The summed E-state index contributed by atoms with van der Waals surface area (Å²) in [6.45, 7) is 8.14. The average molecular weight is 610 g/mol. The molecular formula is C33H35N7O5. The lowest BCUT2D eigenvalue weighted by Gasteiger charge is -2.48. The van der Waals surface area contributed by atoms with Gasteiger partial charge in [-0.3, -0.25) is 39.1 Å². The first-order valence-corrected chi connectivity index (χ1v) is 14.9. The number of pyridine rings is 1. The van der Waals surface area contributed by atoms with Crippen LogP contribution in [0.2, 0.25) is 0 Å². The summed E-state index contributed by atoms with van der Waals surface area (Å²) in [6.07, 6.45) is 1.89. The first kappa shape index (κ1) is 29.9. The van der Waals surface area contributed by atoms with E-state index in [1.54, 1.807) is 30.5 Å². The van der Waals surface area contributed by atoms with Gasteiger partial charge in [-0.2, -0.15) is 0 Å². The molecule has 1 atom stereocenters. The molecule has 1 aromatic heterocycles. The number of hydrogen-bond acceptors (Lipinski definition) is 9. The van der Waals surface area contributed by atoms with Crippen molar-refractivity contribution >= 4 is 40.9 Å². The molecule has 4 heterocycles. The van der Waals surface area contributed by atoms with Gasteiger partial charge in [0.25, 0.3) is 17.7 Å². The summed E-state index contributed by atoms with van der Waals surface area (Å²) in [5, 5.41) is 5.52. The summed E-state index contributed by atoms with van der Waals surface area (Å²) in [7, 11) is 0. The highest BCUT2D eigenvalue weighted by molar-refractivity contribution is 6.25. The summed E-state index contributed by atoms with van der Waals surface area (Å²) in [6, 6.07) is 15.9. The average Bonchev–Trinajstić information content (AvgIpc) is 3.27. The largest absolute Gasteiger partial charge is 0.380 e. The molecule has 1 unspecified atom stereocenters. The molecule has 2 saturated heterocycles. The Kier molecular flexibility index (Phi) is 7.83. The summed E-state index contributed by atoms with van der Waals surface area (Å²) >= 11 is 0. The lowest BCUT2D eigenvalue weighted by molar-refractivity contribution is -0.136. The summed E-state index contributed by atoms with van der Waals surface area (Å²) in [5.74, 6) is -2.64. The highest BCUT2D eigenvalue weighted by Crippen LogP contribution is 2.33. The van der Waals surface area contributed by atoms with Crippen LogP contribution in [0.25, 0.3) is 0 Å². The summed E-state index contributed by atoms with van der Waals surface area (Å²) in [4.78, 5) is 71.7. The topological polar surface area (TPSA) is 158 Å². The van der Waals surface area contributed by atoms with E-state index in [-0.39, 0.29) is 35.2 Å². The lowest BCUT2D eigenvalue weighted by atomic mass is 9.97. The molecule has 5 amide bonds. The van der Waals surface area contributed by atoms with E-state index in [1.165, 1.54) is 5.56 Å². The molecule has 4 N–H and O–H groups in total. The van der Waals surface area contributed by atoms with Crippen molar-refractivity contribution in [1.29, 1.82) is 0 Å². The fraction of sp³-hybridized carbons (Fsp3) is 0.333. The van der Waals surface area contributed by atoms with Gasteiger partial charge in [-0.1, -0.05) is 30.3 Å². The second kappa shape index (κ2) is 11.8. The molecule has 0 saturated carbocycles. The minimum absolute atomic E-state index is 0.0738. The summed E-state index contributed by atoms with van der Waals surface area (Å²) < 4.78 is 0. The SMILES string of the molecule is CC1(C)CN(c2ccc(C(N)=O)nc2)CCN1Cc1ccc(CNc2cccc3c2C(=O)N(C2CCC(=O)NC2=O)C3=O)cc1. The van der Waals surface area contributed by atoms with E-state index >= 15 is 0 Å². The van der Waals surface area contributed by atoms with Crippen molar-refractivity contribution in [2.45, 2.75) is 51.4 Å². The molecule has 232 valence electrons. The molecule has 12 nitrogen and oxygen atoms in total. The highest BCUT2D eigenvalue weighted by Gasteiger charge is 2.45. The van der Waals surface area contributed by atoms with Crippen LogP contribution >= 0.6 is 0 Å². The van der Waals surface area contributed by atoms with Gasteiger partial charge in [0.1, 0.15) is 11.7 Å². The van der Waals surface area contributed by atoms with Crippen LogP contribution in [-0.4, -0.2) is 75.5 Å². The number of primary amides is 1.